The van der Waals surface area contributed by atoms with Gasteiger partial charge in [0, 0.05) is 12.0 Å². The summed E-state index contributed by atoms with van der Waals surface area (Å²) in [6, 6.07) is -0.585. The minimum atomic E-state index is -1.23. The van der Waals surface area contributed by atoms with Crippen molar-refractivity contribution in [3.63, 3.8) is 0 Å². The van der Waals surface area contributed by atoms with Crippen LogP contribution in [-0.4, -0.2) is 34.1 Å². The van der Waals surface area contributed by atoms with Crippen LogP contribution in [0.2, 0.25) is 0 Å². The number of hydrogen-bond donors (Lipinski definition) is 4. The maximum Gasteiger partial charge on any atom is 0.329 e. The van der Waals surface area contributed by atoms with Crippen LogP contribution in [0.4, 0.5) is 4.79 Å². The minimum absolute atomic E-state index is 0.0170. The maximum absolute atomic E-state index is 12.1. The van der Waals surface area contributed by atoms with Gasteiger partial charge in [-0.25, -0.2) is 9.59 Å². The van der Waals surface area contributed by atoms with Crippen LogP contribution < -0.4 is 16.4 Å². The molecule has 0 heterocycles. The lowest BCUT2D eigenvalue weighted by Gasteiger charge is -2.38. The van der Waals surface area contributed by atoms with Crippen LogP contribution in [0.25, 0.3) is 0 Å². The van der Waals surface area contributed by atoms with Gasteiger partial charge >= 0.3 is 12.0 Å². The lowest BCUT2D eigenvalue weighted by atomic mass is 9.76. The van der Waals surface area contributed by atoms with E-state index < -0.39 is 29.0 Å². The number of hydrogen-bond acceptors (Lipinski definition) is 3. The van der Waals surface area contributed by atoms with Gasteiger partial charge < -0.3 is 21.5 Å². The maximum atomic E-state index is 12.1. The highest BCUT2D eigenvalue weighted by atomic mass is 16.4. The van der Waals surface area contributed by atoms with Gasteiger partial charge in [0.05, 0.1) is 0 Å². The van der Waals surface area contributed by atoms with Gasteiger partial charge in [-0.3, -0.25) is 4.79 Å². The first-order chi connectivity index (χ1) is 9.56. The van der Waals surface area contributed by atoms with E-state index in [0.717, 1.165) is 12.8 Å². The zero-order valence-corrected chi connectivity index (χ0v) is 12.9. The van der Waals surface area contributed by atoms with Crippen LogP contribution in [0.5, 0.6) is 0 Å². The summed E-state index contributed by atoms with van der Waals surface area (Å²) in [6.07, 6.45) is 2.53. The molecule has 5 N–H and O–H groups in total. The first-order valence-electron chi connectivity index (χ1n) is 7.18. The second-order valence-corrected chi connectivity index (χ2v) is 6.69. The van der Waals surface area contributed by atoms with Gasteiger partial charge in [-0.1, -0.05) is 19.8 Å². The predicted molar refractivity (Wildman–Crippen MR) is 77.6 cm³/mol. The minimum Gasteiger partial charge on any atom is -0.480 e. The van der Waals surface area contributed by atoms with Crippen molar-refractivity contribution in [3.8, 4) is 0 Å². The Morgan fingerprint density at radius 3 is 2.48 bits per heavy atom. The van der Waals surface area contributed by atoms with E-state index in [0.29, 0.717) is 12.8 Å². The Balaban J connectivity index is 2.74. The van der Waals surface area contributed by atoms with E-state index in [2.05, 4.69) is 10.6 Å². The summed E-state index contributed by atoms with van der Waals surface area (Å²) < 4.78 is 0. The lowest BCUT2D eigenvalue weighted by molar-refractivity contribution is -0.146. The molecular weight excluding hydrogens is 274 g/mol. The van der Waals surface area contributed by atoms with Crippen molar-refractivity contribution in [3.05, 3.63) is 0 Å². The molecule has 1 aliphatic carbocycles. The molecule has 2 unspecified atom stereocenters. The van der Waals surface area contributed by atoms with E-state index in [9.17, 15) is 19.5 Å². The van der Waals surface area contributed by atoms with Crippen molar-refractivity contribution < 1.29 is 19.5 Å². The summed E-state index contributed by atoms with van der Waals surface area (Å²) in [5, 5.41) is 14.7. The quantitative estimate of drug-likeness (QED) is 0.604. The van der Waals surface area contributed by atoms with Crippen LogP contribution in [-0.2, 0) is 9.59 Å². The highest BCUT2D eigenvalue weighted by Gasteiger charge is 2.43. The molecule has 0 aliphatic heterocycles. The number of urea groups is 1. The molecule has 1 rings (SSSR count). The Hall–Kier alpha value is -1.79. The molecule has 0 bridgehead atoms. The van der Waals surface area contributed by atoms with Gasteiger partial charge in [0.15, 0.2) is 0 Å². The number of nitrogens with one attached hydrogen (secondary N) is 2. The summed E-state index contributed by atoms with van der Waals surface area (Å²) >= 11 is 0. The molecule has 0 spiro atoms. The molecule has 0 aromatic carbocycles. The number of carbonyl (C=O) groups excluding carboxylic acids is 2. The van der Waals surface area contributed by atoms with Crippen molar-refractivity contribution in [2.45, 2.75) is 64.0 Å². The second-order valence-electron chi connectivity index (χ2n) is 6.69. The van der Waals surface area contributed by atoms with Crippen LogP contribution in [0.3, 0.4) is 0 Å². The molecule has 0 aromatic heterocycles. The molecule has 1 fully saturated rings. The van der Waals surface area contributed by atoms with Gasteiger partial charge in [-0.15, -0.1) is 0 Å². The van der Waals surface area contributed by atoms with Gasteiger partial charge in [0.1, 0.15) is 5.54 Å². The molecular formula is C14H25N3O4. The zero-order chi connectivity index (χ0) is 16.3. The van der Waals surface area contributed by atoms with E-state index in [1.54, 1.807) is 13.8 Å². The van der Waals surface area contributed by atoms with Gasteiger partial charge in [-0.05, 0) is 32.6 Å². The van der Waals surface area contributed by atoms with E-state index >= 15 is 0 Å². The first kappa shape index (κ1) is 17.3. The number of carboxylic acids is 1. The average Bonchev–Trinajstić information content (AvgIpc) is 2.25. The largest absolute Gasteiger partial charge is 0.480 e. The fourth-order valence-corrected chi connectivity index (χ4v) is 2.95. The summed E-state index contributed by atoms with van der Waals surface area (Å²) in [4.78, 5) is 34.6. The topological polar surface area (TPSA) is 122 Å². The smallest absolute Gasteiger partial charge is 0.329 e. The van der Waals surface area contributed by atoms with E-state index in [1.807, 2.05) is 6.92 Å². The standard InChI is InChI=1S/C14H25N3O4/c1-9-5-4-6-14(7-9,11(19)20)17-12(21)16-13(2,3)8-10(15)18/h9H,4-8H2,1-3H3,(H2,15,18)(H,19,20)(H2,16,17,21). The summed E-state index contributed by atoms with van der Waals surface area (Å²) in [5.41, 5.74) is 3.07. The third-order valence-corrected chi connectivity index (χ3v) is 3.83. The number of amides is 3. The molecule has 1 saturated carbocycles. The highest BCUT2D eigenvalue weighted by Crippen LogP contribution is 2.32. The van der Waals surface area contributed by atoms with Crippen LogP contribution in [0, 0.1) is 5.92 Å². The van der Waals surface area contributed by atoms with Crippen LogP contribution in [0.1, 0.15) is 52.9 Å². The number of primary amides is 1. The third-order valence-electron chi connectivity index (χ3n) is 3.83. The van der Waals surface area contributed by atoms with Gasteiger partial charge in [0.25, 0.3) is 0 Å². The molecule has 120 valence electrons. The van der Waals surface area contributed by atoms with Crippen molar-refractivity contribution in [2.24, 2.45) is 11.7 Å². The fourth-order valence-electron chi connectivity index (χ4n) is 2.95. The number of carbonyl (C=O) groups is 3. The Morgan fingerprint density at radius 2 is 2.00 bits per heavy atom. The molecule has 1 aliphatic rings. The van der Waals surface area contributed by atoms with Crippen molar-refractivity contribution in [1.82, 2.24) is 10.6 Å². The van der Waals surface area contributed by atoms with Crippen molar-refractivity contribution >= 4 is 17.9 Å². The molecule has 3 amide bonds. The van der Waals surface area contributed by atoms with Gasteiger partial charge in [0.2, 0.25) is 5.91 Å². The van der Waals surface area contributed by atoms with Crippen molar-refractivity contribution in [2.75, 3.05) is 0 Å². The number of carboxylic acid groups (broad SMARTS) is 1. The summed E-state index contributed by atoms with van der Waals surface area (Å²) in [7, 11) is 0. The molecule has 0 saturated heterocycles. The molecule has 21 heavy (non-hydrogen) atoms. The Kier molecular flexibility index (Phi) is 5.20. The van der Waals surface area contributed by atoms with E-state index in [4.69, 9.17) is 5.73 Å². The number of aliphatic carboxylic acids is 1. The second kappa shape index (κ2) is 6.32. The average molecular weight is 299 g/mol. The number of rotatable bonds is 5. The molecule has 7 heteroatoms. The van der Waals surface area contributed by atoms with Crippen LogP contribution in [0.15, 0.2) is 0 Å². The lowest BCUT2D eigenvalue weighted by Crippen LogP contribution is -2.61. The molecule has 0 aromatic rings. The van der Waals surface area contributed by atoms with E-state index in [-0.39, 0.29) is 12.3 Å². The Bertz CT molecular complexity index is 436. The fraction of sp³-hybridized carbons (Fsp3) is 0.786. The normalized spacial score (nSPS) is 26.0. The monoisotopic (exact) mass is 299 g/mol. The Morgan fingerprint density at radius 1 is 1.38 bits per heavy atom. The molecule has 7 nitrogen and oxygen atoms in total. The van der Waals surface area contributed by atoms with E-state index in [1.165, 1.54) is 0 Å². The predicted octanol–water partition coefficient (Wildman–Crippen LogP) is 0.973. The molecule has 2 atom stereocenters. The molecule has 0 radical (unpaired) electrons. The first-order valence-corrected chi connectivity index (χ1v) is 7.18. The van der Waals surface area contributed by atoms with Crippen molar-refractivity contribution in [1.29, 1.82) is 0 Å². The Labute approximate surface area is 124 Å². The highest BCUT2D eigenvalue weighted by molar-refractivity contribution is 5.87. The summed E-state index contributed by atoms with van der Waals surface area (Å²) in [6.45, 7) is 5.30. The van der Waals surface area contributed by atoms with Gasteiger partial charge in [-0.2, -0.15) is 0 Å². The van der Waals surface area contributed by atoms with Crippen LogP contribution >= 0.6 is 0 Å². The SMILES string of the molecule is CC1CCCC(NC(=O)NC(C)(C)CC(N)=O)(C(=O)O)C1. The zero-order valence-electron chi connectivity index (χ0n) is 12.9. The number of nitrogens with two attached hydrogens (primary N) is 1. The summed E-state index contributed by atoms with van der Waals surface area (Å²) in [5.74, 6) is -1.30. The third kappa shape index (κ3) is 4.91.